The number of hydrogen-bond donors (Lipinski definition) is 1. The highest BCUT2D eigenvalue weighted by atomic mass is 16.6. The maximum Gasteiger partial charge on any atom is 0.311 e. The number of aromatic nitrogens is 1. The van der Waals surface area contributed by atoms with E-state index in [1.54, 1.807) is 12.3 Å². The Labute approximate surface area is 107 Å². The Morgan fingerprint density at radius 3 is 2.94 bits per heavy atom. The first-order chi connectivity index (χ1) is 8.63. The lowest BCUT2D eigenvalue weighted by molar-refractivity contribution is -0.384. The van der Waals surface area contributed by atoms with Gasteiger partial charge in [-0.25, -0.2) is 4.98 Å². The number of nitrogens with one attached hydrogen (secondary N) is 1. The third-order valence-corrected chi connectivity index (χ3v) is 4.06. The van der Waals surface area contributed by atoms with Crippen molar-refractivity contribution < 1.29 is 4.92 Å². The van der Waals surface area contributed by atoms with Crippen LogP contribution in [0, 0.1) is 22.0 Å². The van der Waals surface area contributed by atoms with Gasteiger partial charge in [0.1, 0.15) is 0 Å². The smallest absolute Gasteiger partial charge is 0.311 e. The fourth-order valence-electron chi connectivity index (χ4n) is 2.86. The Bertz CT molecular complexity index is 436. The fraction of sp³-hybridized carbons (Fsp3) is 0.615. The van der Waals surface area contributed by atoms with Crippen molar-refractivity contribution in [1.29, 1.82) is 0 Å². The molecule has 5 heteroatoms. The van der Waals surface area contributed by atoms with Gasteiger partial charge in [-0.15, -0.1) is 0 Å². The molecule has 0 bridgehead atoms. The van der Waals surface area contributed by atoms with Gasteiger partial charge in [-0.2, -0.15) is 0 Å². The molecule has 0 radical (unpaired) electrons. The summed E-state index contributed by atoms with van der Waals surface area (Å²) in [4.78, 5) is 14.6. The first kappa shape index (κ1) is 12.8. The summed E-state index contributed by atoms with van der Waals surface area (Å²) in [5.41, 5.74) is 0.0599. The van der Waals surface area contributed by atoms with Crippen molar-refractivity contribution in [3.63, 3.8) is 0 Å². The van der Waals surface area contributed by atoms with Crippen molar-refractivity contribution in [2.24, 2.45) is 11.8 Å². The minimum absolute atomic E-state index is 0.0599. The van der Waals surface area contributed by atoms with Crippen molar-refractivity contribution in [2.45, 2.75) is 39.2 Å². The molecule has 0 amide bonds. The van der Waals surface area contributed by atoms with Crippen LogP contribution in [0.4, 0.5) is 11.5 Å². The van der Waals surface area contributed by atoms with Gasteiger partial charge in [0.05, 0.1) is 4.92 Å². The summed E-state index contributed by atoms with van der Waals surface area (Å²) in [5, 5.41) is 14.2. The minimum atomic E-state index is -0.383. The second-order valence-corrected chi connectivity index (χ2v) is 4.98. The predicted molar refractivity (Wildman–Crippen MR) is 70.5 cm³/mol. The van der Waals surface area contributed by atoms with E-state index in [2.05, 4.69) is 24.1 Å². The Hall–Kier alpha value is -1.65. The van der Waals surface area contributed by atoms with Gasteiger partial charge in [0, 0.05) is 18.3 Å². The van der Waals surface area contributed by atoms with E-state index < -0.39 is 0 Å². The Kier molecular flexibility index (Phi) is 3.79. The molecule has 0 aliphatic heterocycles. The zero-order valence-corrected chi connectivity index (χ0v) is 10.8. The molecule has 3 atom stereocenters. The van der Waals surface area contributed by atoms with Gasteiger partial charge in [-0.1, -0.05) is 20.3 Å². The third kappa shape index (κ3) is 2.44. The van der Waals surface area contributed by atoms with Crippen molar-refractivity contribution in [3.8, 4) is 0 Å². The molecule has 1 heterocycles. The molecular formula is C13H19N3O2. The molecule has 98 valence electrons. The van der Waals surface area contributed by atoms with E-state index in [9.17, 15) is 10.1 Å². The lowest BCUT2D eigenvalue weighted by Gasteiger charge is -2.21. The standard InChI is InChI=1S/C13H19N3O2/c1-3-10-6-7-11(9(10)2)15-13-12(16(17)18)5-4-8-14-13/h4-5,8-11H,3,6-7H2,1-2H3,(H,14,15). The van der Waals surface area contributed by atoms with E-state index in [0.717, 1.165) is 6.42 Å². The van der Waals surface area contributed by atoms with Crippen LogP contribution in [0.15, 0.2) is 18.3 Å². The maximum atomic E-state index is 10.9. The number of anilines is 1. The third-order valence-electron chi connectivity index (χ3n) is 4.06. The van der Waals surface area contributed by atoms with Crippen LogP contribution in [0.2, 0.25) is 0 Å². The van der Waals surface area contributed by atoms with Gasteiger partial charge in [0.25, 0.3) is 0 Å². The van der Waals surface area contributed by atoms with Crippen LogP contribution >= 0.6 is 0 Å². The quantitative estimate of drug-likeness (QED) is 0.657. The van der Waals surface area contributed by atoms with E-state index in [-0.39, 0.29) is 10.6 Å². The van der Waals surface area contributed by atoms with E-state index in [0.29, 0.717) is 23.7 Å². The highest BCUT2D eigenvalue weighted by Gasteiger charge is 2.32. The molecule has 1 aliphatic carbocycles. The summed E-state index contributed by atoms with van der Waals surface area (Å²) >= 11 is 0. The monoisotopic (exact) mass is 249 g/mol. The number of rotatable bonds is 4. The van der Waals surface area contributed by atoms with Crippen LogP contribution < -0.4 is 5.32 Å². The van der Waals surface area contributed by atoms with Gasteiger partial charge in [0.15, 0.2) is 0 Å². The molecule has 1 aliphatic rings. The first-order valence-corrected chi connectivity index (χ1v) is 6.49. The second-order valence-electron chi connectivity index (χ2n) is 4.98. The van der Waals surface area contributed by atoms with Crippen molar-refractivity contribution >= 4 is 11.5 Å². The Morgan fingerprint density at radius 1 is 1.56 bits per heavy atom. The zero-order chi connectivity index (χ0) is 13.1. The highest BCUT2D eigenvalue weighted by Crippen LogP contribution is 2.36. The summed E-state index contributed by atoms with van der Waals surface area (Å²) in [7, 11) is 0. The molecular weight excluding hydrogens is 230 g/mol. The molecule has 2 rings (SSSR count). The lowest BCUT2D eigenvalue weighted by atomic mass is 9.93. The summed E-state index contributed by atoms with van der Waals surface area (Å²) in [6, 6.07) is 3.38. The van der Waals surface area contributed by atoms with E-state index in [1.807, 2.05) is 0 Å². The topological polar surface area (TPSA) is 68.1 Å². The molecule has 0 saturated heterocycles. The molecule has 0 aromatic carbocycles. The Balaban J connectivity index is 2.13. The van der Waals surface area contributed by atoms with Gasteiger partial charge in [-0.05, 0) is 30.7 Å². The minimum Gasteiger partial charge on any atom is -0.361 e. The molecule has 1 aromatic rings. The molecule has 5 nitrogen and oxygen atoms in total. The molecule has 1 aromatic heterocycles. The number of hydrogen-bond acceptors (Lipinski definition) is 4. The molecule has 1 N–H and O–H groups in total. The van der Waals surface area contributed by atoms with Crippen LogP contribution in [-0.4, -0.2) is 15.9 Å². The Morgan fingerprint density at radius 2 is 2.33 bits per heavy atom. The molecule has 0 spiro atoms. The maximum absolute atomic E-state index is 10.9. The van der Waals surface area contributed by atoms with Crippen LogP contribution in [0.25, 0.3) is 0 Å². The van der Waals surface area contributed by atoms with Crippen LogP contribution in [0.1, 0.15) is 33.1 Å². The van der Waals surface area contributed by atoms with Gasteiger partial charge < -0.3 is 5.32 Å². The largest absolute Gasteiger partial charge is 0.361 e. The van der Waals surface area contributed by atoms with E-state index in [4.69, 9.17) is 0 Å². The summed E-state index contributed by atoms with van der Waals surface area (Å²) in [5.74, 6) is 1.65. The normalized spacial score (nSPS) is 27.1. The van der Waals surface area contributed by atoms with Crippen molar-refractivity contribution in [1.82, 2.24) is 4.98 Å². The first-order valence-electron chi connectivity index (χ1n) is 6.49. The lowest BCUT2D eigenvalue weighted by Crippen LogP contribution is -2.25. The average Bonchev–Trinajstić information content (AvgIpc) is 2.71. The SMILES string of the molecule is CCC1CCC(Nc2ncccc2[N+](=O)[O-])C1C. The summed E-state index contributed by atoms with van der Waals surface area (Å²) in [6.07, 6.45) is 5.01. The van der Waals surface area contributed by atoms with Crippen LogP contribution in [-0.2, 0) is 0 Å². The van der Waals surface area contributed by atoms with E-state index >= 15 is 0 Å². The number of pyridine rings is 1. The van der Waals surface area contributed by atoms with Crippen LogP contribution in [0.5, 0.6) is 0 Å². The second kappa shape index (κ2) is 5.33. The molecule has 3 unspecified atom stereocenters. The van der Waals surface area contributed by atoms with Crippen molar-refractivity contribution in [3.05, 3.63) is 28.4 Å². The molecule has 1 fully saturated rings. The summed E-state index contributed by atoms with van der Waals surface area (Å²) < 4.78 is 0. The van der Waals surface area contributed by atoms with Gasteiger partial charge in [0.2, 0.25) is 5.82 Å². The van der Waals surface area contributed by atoms with Crippen LogP contribution in [0.3, 0.4) is 0 Å². The molecule has 1 saturated carbocycles. The fourth-order valence-corrected chi connectivity index (χ4v) is 2.86. The zero-order valence-electron chi connectivity index (χ0n) is 10.8. The number of nitro groups is 1. The van der Waals surface area contributed by atoms with Crippen molar-refractivity contribution in [2.75, 3.05) is 5.32 Å². The predicted octanol–water partition coefficient (Wildman–Crippen LogP) is 3.23. The summed E-state index contributed by atoms with van der Waals surface area (Å²) in [6.45, 7) is 4.42. The number of nitrogens with zero attached hydrogens (tertiary/aromatic N) is 2. The average molecular weight is 249 g/mol. The molecule has 18 heavy (non-hydrogen) atoms. The van der Waals surface area contributed by atoms with Gasteiger partial charge in [-0.3, -0.25) is 10.1 Å². The van der Waals surface area contributed by atoms with Gasteiger partial charge >= 0.3 is 5.69 Å². The highest BCUT2D eigenvalue weighted by molar-refractivity contribution is 5.55. The van der Waals surface area contributed by atoms with E-state index in [1.165, 1.54) is 18.9 Å².